The van der Waals surface area contributed by atoms with E-state index in [2.05, 4.69) is 171 Å². The first-order valence-corrected chi connectivity index (χ1v) is 17.1. The van der Waals surface area contributed by atoms with Gasteiger partial charge < -0.3 is 4.42 Å². The molecule has 1 nitrogen and oxygen atoms in total. The predicted octanol–water partition coefficient (Wildman–Crippen LogP) is 13.1. The molecule has 0 spiro atoms. The maximum Gasteiger partial charge on any atom is 0.143 e. The Bertz CT molecular complexity index is 2810. The zero-order valence-corrected chi connectivity index (χ0v) is 27.0. The van der Waals surface area contributed by atoms with Gasteiger partial charge in [-0.1, -0.05) is 158 Å². The molecule has 0 saturated carbocycles. The number of fused-ring (bicyclic) bond motifs is 9. The Kier molecular flexibility index (Phi) is 5.31. The maximum atomic E-state index is 6.91. The number of furan rings is 1. The van der Waals surface area contributed by atoms with Gasteiger partial charge in [-0.05, 0) is 90.5 Å². The molecule has 0 aliphatic heterocycles. The van der Waals surface area contributed by atoms with E-state index in [1.807, 2.05) is 0 Å². The van der Waals surface area contributed by atoms with Gasteiger partial charge in [0.05, 0.1) is 0 Å². The van der Waals surface area contributed by atoms with Crippen molar-refractivity contribution in [1.29, 1.82) is 0 Å². The van der Waals surface area contributed by atoms with Gasteiger partial charge in [-0.15, -0.1) is 0 Å². The molecule has 0 bridgehead atoms. The summed E-state index contributed by atoms with van der Waals surface area (Å²) in [5.74, 6) is 0. The van der Waals surface area contributed by atoms with Gasteiger partial charge in [0.1, 0.15) is 11.2 Å². The van der Waals surface area contributed by atoms with Crippen molar-refractivity contribution in [2.75, 3.05) is 0 Å². The first-order valence-electron chi connectivity index (χ1n) is 17.1. The number of para-hydroxylation sites is 1. The Labute approximate surface area is 284 Å². The van der Waals surface area contributed by atoms with Crippen LogP contribution in [0.5, 0.6) is 0 Å². The lowest BCUT2D eigenvalue weighted by Crippen LogP contribution is -2.22. The monoisotopic (exact) mass is 622 g/mol. The standard InChI is InChI=1S/C48H30O/c1-48(29-13-3-2-4-14-29)41-24-8-7-17-39(41)45-36(20-11-25-42(45)48)38-22-10-23-40-46-35(21-12-26-43(46)49-47(38)40)32-27-28-37-31-16-6-5-15-30(31)33-18-9-19-34(32)44(33)37/h2-28H,1H3. The van der Waals surface area contributed by atoms with Crippen LogP contribution >= 0.6 is 0 Å². The van der Waals surface area contributed by atoms with Crippen molar-refractivity contribution in [2.24, 2.45) is 0 Å². The van der Waals surface area contributed by atoms with E-state index in [9.17, 15) is 0 Å². The van der Waals surface area contributed by atoms with Gasteiger partial charge in [0.15, 0.2) is 0 Å². The molecular formula is C48H30O. The second-order valence-electron chi connectivity index (χ2n) is 13.7. The summed E-state index contributed by atoms with van der Waals surface area (Å²) < 4.78 is 6.91. The zero-order chi connectivity index (χ0) is 32.3. The number of hydrogen-bond acceptors (Lipinski definition) is 1. The average molecular weight is 623 g/mol. The highest BCUT2D eigenvalue weighted by Gasteiger charge is 2.41. The molecule has 0 radical (unpaired) electrons. The molecule has 0 amide bonds. The number of benzene rings is 8. The lowest BCUT2D eigenvalue weighted by atomic mass is 9.74. The van der Waals surface area contributed by atoms with Crippen molar-refractivity contribution < 1.29 is 4.42 Å². The van der Waals surface area contributed by atoms with E-state index in [4.69, 9.17) is 4.42 Å². The van der Waals surface area contributed by atoms with Crippen molar-refractivity contribution in [3.05, 3.63) is 180 Å². The normalized spacial score (nSPS) is 15.5. The van der Waals surface area contributed by atoms with Gasteiger partial charge in [-0.2, -0.15) is 0 Å². The topological polar surface area (TPSA) is 13.1 Å². The van der Waals surface area contributed by atoms with Crippen molar-refractivity contribution in [3.8, 4) is 55.6 Å². The van der Waals surface area contributed by atoms with E-state index in [1.165, 1.54) is 77.5 Å². The zero-order valence-electron chi connectivity index (χ0n) is 27.0. The van der Waals surface area contributed by atoms with Crippen molar-refractivity contribution in [1.82, 2.24) is 0 Å². The second-order valence-corrected chi connectivity index (χ2v) is 13.7. The van der Waals surface area contributed by atoms with Crippen LogP contribution in [0, 0.1) is 0 Å². The molecule has 0 N–H and O–H groups in total. The summed E-state index contributed by atoms with van der Waals surface area (Å²) in [6.07, 6.45) is 0. The second kappa shape index (κ2) is 9.69. The van der Waals surface area contributed by atoms with Crippen molar-refractivity contribution >= 4 is 32.7 Å². The van der Waals surface area contributed by atoms with Gasteiger partial charge >= 0.3 is 0 Å². The Hall–Kier alpha value is -6.18. The van der Waals surface area contributed by atoms with Crippen LogP contribution in [0.4, 0.5) is 0 Å². The molecule has 0 fully saturated rings. The molecule has 1 heterocycles. The molecule has 0 saturated heterocycles. The van der Waals surface area contributed by atoms with Gasteiger partial charge in [0.2, 0.25) is 0 Å². The summed E-state index contributed by atoms with van der Waals surface area (Å²) in [5.41, 5.74) is 18.2. The molecule has 1 unspecified atom stereocenters. The van der Waals surface area contributed by atoms with Crippen molar-refractivity contribution in [2.45, 2.75) is 12.3 Å². The molecular weight excluding hydrogens is 593 g/mol. The van der Waals surface area contributed by atoms with E-state index < -0.39 is 0 Å². The van der Waals surface area contributed by atoms with Crippen LogP contribution in [0.2, 0.25) is 0 Å². The molecule has 2 aliphatic carbocycles. The molecule has 11 rings (SSSR count). The van der Waals surface area contributed by atoms with Gasteiger partial charge in [0, 0.05) is 21.8 Å². The van der Waals surface area contributed by atoms with Crippen LogP contribution in [0.15, 0.2) is 168 Å². The molecule has 228 valence electrons. The van der Waals surface area contributed by atoms with Crippen molar-refractivity contribution in [3.63, 3.8) is 0 Å². The van der Waals surface area contributed by atoms with Gasteiger partial charge in [-0.25, -0.2) is 0 Å². The predicted molar refractivity (Wildman–Crippen MR) is 204 cm³/mol. The fourth-order valence-electron chi connectivity index (χ4n) is 9.18. The fourth-order valence-corrected chi connectivity index (χ4v) is 9.18. The molecule has 1 heteroatoms. The molecule has 49 heavy (non-hydrogen) atoms. The third kappa shape index (κ3) is 3.44. The lowest BCUT2D eigenvalue weighted by molar-refractivity contribution is 0.670. The summed E-state index contributed by atoms with van der Waals surface area (Å²) >= 11 is 0. The highest BCUT2D eigenvalue weighted by Crippen LogP contribution is 2.56. The van der Waals surface area contributed by atoms with E-state index in [1.54, 1.807) is 0 Å². The number of rotatable bonds is 3. The minimum atomic E-state index is -0.256. The summed E-state index contributed by atoms with van der Waals surface area (Å²) in [4.78, 5) is 0. The lowest BCUT2D eigenvalue weighted by Gasteiger charge is -2.28. The van der Waals surface area contributed by atoms with E-state index in [-0.39, 0.29) is 5.41 Å². The first kappa shape index (κ1) is 26.8. The van der Waals surface area contributed by atoms with Gasteiger partial charge in [0.25, 0.3) is 0 Å². The molecule has 1 aromatic heterocycles. The Morgan fingerprint density at radius 2 is 0.918 bits per heavy atom. The maximum absolute atomic E-state index is 6.91. The van der Waals surface area contributed by atoms with Crippen LogP contribution < -0.4 is 0 Å². The highest BCUT2D eigenvalue weighted by molar-refractivity contribution is 6.22. The molecule has 2 aliphatic rings. The van der Waals surface area contributed by atoms with Crippen LogP contribution in [0.1, 0.15) is 23.6 Å². The Morgan fingerprint density at radius 3 is 1.73 bits per heavy atom. The summed E-state index contributed by atoms with van der Waals surface area (Å²) in [6, 6.07) is 60.0. The summed E-state index contributed by atoms with van der Waals surface area (Å²) in [7, 11) is 0. The van der Waals surface area contributed by atoms with Crippen LogP contribution in [-0.4, -0.2) is 0 Å². The fraction of sp³-hybridized carbons (Fsp3) is 0.0417. The quantitative estimate of drug-likeness (QED) is 0.191. The third-order valence-corrected chi connectivity index (χ3v) is 11.3. The summed E-state index contributed by atoms with van der Waals surface area (Å²) in [6.45, 7) is 2.38. The van der Waals surface area contributed by atoms with Crippen LogP contribution in [-0.2, 0) is 5.41 Å². The van der Waals surface area contributed by atoms with Crippen LogP contribution in [0.3, 0.4) is 0 Å². The van der Waals surface area contributed by atoms with Crippen LogP contribution in [0.25, 0.3) is 88.3 Å². The van der Waals surface area contributed by atoms with E-state index >= 15 is 0 Å². The highest BCUT2D eigenvalue weighted by atomic mass is 16.3. The largest absolute Gasteiger partial charge is 0.455 e. The molecule has 9 aromatic rings. The Morgan fingerprint density at radius 1 is 0.367 bits per heavy atom. The third-order valence-electron chi connectivity index (χ3n) is 11.3. The minimum absolute atomic E-state index is 0.256. The van der Waals surface area contributed by atoms with Gasteiger partial charge in [-0.3, -0.25) is 0 Å². The van der Waals surface area contributed by atoms with E-state index in [0.717, 1.165) is 27.5 Å². The SMILES string of the molecule is CC1(c2ccccc2)c2ccccc2-c2c(-c3cccc4c3oc3cccc(-c5ccc6c7c(cccc57)-c5ccccc5-6)c34)cccc21. The molecule has 8 aromatic carbocycles. The average Bonchev–Trinajstić information content (AvgIpc) is 3.80. The first-order chi connectivity index (χ1) is 24.2. The minimum Gasteiger partial charge on any atom is -0.455 e. The summed E-state index contributed by atoms with van der Waals surface area (Å²) in [5, 5.41) is 4.93. The Balaban J connectivity index is 1.16. The smallest absolute Gasteiger partial charge is 0.143 e. The molecule has 1 atom stereocenters. The van der Waals surface area contributed by atoms with E-state index in [0.29, 0.717) is 0 Å². The number of hydrogen-bond donors (Lipinski definition) is 0.